The highest BCUT2D eigenvalue weighted by Gasteiger charge is 2.26. The van der Waals surface area contributed by atoms with Crippen LogP contribution in [-0.2, 0) is 22.9 Å². The van der Waals surface area contributed by atoms with Gasteiger partial charge in [0.05, 0.1) is 4.90 Å². The first-order valence-corrected chi connectivity index (χ1v) is 8.94. The van der Waals surface area contributed by atoms with E-state index in [1.807, 2.05) is 12.1 Å². The van der Waals surface area contributed by atoms with Crippen molar-refractivity contribution >= 4 is 10.0 Å². The summed E-state index contributed by atoms with van der Waals surface area (Å²) in [5, 5.41) is 3.24. The molecule has 3 rings (SSSR count). The third-order valence-corrected chi connectivity index (χ3v) is 6.15. The van der Waals surface area contributed by atoms with Crippen LogP contribution in [0.3, 0.4) is 0 Å². The van der Waals surface area contributed by atoms with Crippen LogP contribution < -0.4 is 5.32 Å². The van der Waals surface area contributed by atoms with Crippen molar-refractivity contribution in [1.82, 2.24) is 9.62 Å². The van der Waals surface area contributed by atoms with Gasteiger partial charge in [0.2, 0.25) is 10.0 Å². The van der Waals surface area contributed by atoms with Crippen LogP contribution in [0, 0.1) is 0 Å². The summed E-state index contributed by atoms with van der Waals surface area (Å²) in [6, 6.07) is 5.71. The minimum absolute atomic E-state index is 0.472. The Morgan fingerprint density at radius 3 is 2.60 bits per heavy atom. The van der Waals surface area contributed by atoms with Crippen molar-refractivity contribution in [2.75, 3.05) is 26.2 Å². The summed E-state index contributed by atoms with van der Waals surface area (Å²) in [5.41, 5.74) is 2.55. The van der Waals surface area contributed by atoms with Crippen LogP contribution in [0.25, 0.3) is 0 Å². The highest BCUT2D eigenvalue weighted by Crippen LogP contribution is 2.25. The van der Waals surface area contributed by atoms with E-state index in [9.17, 15) is 8.42 Å². The molecular formula is C15H22N2O2S. The fraction of sp³-hybridized carbons (Fsp3) is 0.600. The zero-order valence-corrected chi connectivity index (χ0v) is 12.6. The number of hydrogen-bond acceptors (Lipinski definition) is 3. The molecule has 0 saturated carbocycles. The number of sulfonamides is 1. The molecule has 1 heterocycles. The zero-order valence-electron chi connectivity index (χ0n) is 11.8. The molecule has 1 N–H and O–H groups in total. The molecule has 0 bridgehead atoms. The van der Waals surface area contributed by atoms with E-state index in [1.165, 1.54) is 24.0 Å². The molecule has 0 spiro atoms. The van der Waals surface area contributed by atoms with Crippen molar-refractivity contribution in [3.63, 3.8) is 0 Å². The van der Waals surface area contributed by atoms with Crippen LogP contribution >= 0.6 is 0 Å². The van der Waals surface area contributed by atoms with Gasteiger partial charge in [-0.2, -0.15) is 4.31 Å². The molecule has 0 atom stereocenters. The van der Waals surface area contributed by atoms with E-state index in [2.05, 4.69) is 5.32 Å². The Morgan fingerprint density at radius 2 is 1.75 bits per heavy atom. The summed E-state index contributed by atoms with van der Waals surface area (Å²) in [7, 11) is -3.33. The molecule has 1 aromatic rings. The van der Waals surface area contributed by atoms with Crippen molar-refractivity contribution < 1.29 is 8.42 Å². The topological polar surface area (TPSA) is 49.4 Å². The Balaban J connectivity index is 1.90. The van der Waals surface area contributed by atoms with Crippen molar-refractivity contribution in [3.8, 4) is 0 Å². The van der Waals surface area contributed by atoms with Gasteiger partial charge >= 0.3 is 0 Å². The fourth-order valence-electron chi connectivity index (χ4n) is 3.08. The predicted molar refractivity (Wildman–Crippen MR) is 79.3 cm³/mol. The van der Waals surface area contributed by atoms with Gasteiger partial charge in [-0.15, -0.1) is 0 Å². The minimum atomic E-state index is -3.33. The summed E-state index contributed by atoms with van der Waals surface area (Å²) in [5.74, 6) is 0. The van der Waals surface area contributed by atoms with Gasteiger partial charge in [0.1, 0.15) is 0 Å². The fourth-order valence-corrected chi connectivity index (χ4v) is 4.61. The minimum Gasteiger partial charge on any atom is -0.315 e. The first-order chi connectivity index (χ1) is 9.68. The smallest absolute Gasteiger partial charge is 0.243 e. The van der Waals surface area contributed by atoms with E-state index in [0.717, 1.165) is 32.4 Å². The Hall–Kier alpha value is -0.910. The molecule has 20 heavy (non-hydrogen) atoms. The van der Waals surface area contributed by atoms with Crippen molar-refractivity contribution in [2.24, 2.45) is 0 Å². The Morgan fingerprint density at radius 1 is 0.950 bits per heavy atom. The lowest BCUT2D eigenvalue weighted by molar-refractivity contribution is 0.432. The molecule has 110 valence electrons. The normalized spacial score (nSPS) is 21.2. The number of hydrogen-bond donors (Lipinski definition) is 1. The van der Waals surface area contributed by atoms with Crippen LogP contribution in [0.15, 0.2) is 23.1 Å². The lowest BCUT2D eigenvalue weighted by atomic mass is 9.92. The number of benzene rings is 1. The molecule has 5 heteroatoms. The van der Waals surface area contributed by atoms with E-state index >= 15 is 0 Å². The van der Waals surface area contributed by atoms with Crippen molar-refractivity contribution in [1.29, 1.82) is 0 Å². The van der Waals surface area contributed by atoms with Gasteiger partial charge in [0.15, 0.2) is 0 Å². The van der Waals surface area contributed by atoms with E-state index in [0.29, 0.717) is 18.0 Å². The second kappa shape index (κ2) is 5.84. The zero-order chi connectivity index (χ0) is 14.0. The second-order valence-electron chi connectivity index (χ2n) is 5.65. The van der Waals surface area contributed by atoms with E-state index in [4.69, 9.17) is 0 Å². The first-order valence-electron chi connectivity index (χ1n) is 7.50. The molecule has 1 aromatic carbocycles. The molecule has 0 amide bonds. The molecule has 0 aromatic heterocycles. The first kappa shape index (κ1) is 14.0. The Kier molecular flexibility index (Phi) is 4.10. The monoisotopic (exact) mass is 294 g/mol. The summed E-state index contributed by atoms with van der Waals surface area (Å²) in [4.78, 5) is 0.472. The lowest BCUT2D eigenvalue weighted by Crippen LogP contribution is -2.34. The quantitative estimate of drug-likeness (QED) is 0.900. The van der Waals surface area contributed by atoms with Crippen LogP contribution in [0.1, 0.15) is 30.4 Å². The molecule has 4 nitrogen and oxygen atoms in total. The summed E-state index contributed by atoms with van der Waals surface area (Å²) >= 11 is 0. The average Bonchev–Trinajstić information content (AvgIpc) is 2.76. The van der Waals surface area contributed by atoms with Crippen molar-refractivity contribution in [3.05, 3.63) is 29.3 Å². The third kappa shape index (κ3) is 2.75. The van der Waals surface area contributed by atoms with Gasteiger partial charge in [0.25, 0.3) is 0 Å². The van der Waals surface area contributed by atoms with Crippen LogP contribution in [0.5, 0.6) is 0 Å². The molecular weight excluding hydrogens is 272 g/mol. The highest BCUT2D eigenvalue weighted by molar-refractivity contribution is 7.89. The van der Waals surface area contributed by atoms with Gasteiger partial charge in [0, 0.05) is 19.6 Å². The molecule has 1 aliphatic carbocycles. The number of fused-ring (bicyclic) bond motifs is 1. The summed E-state index contributed by atoms with van der Waals surface area (Å²) < 4.78 is 27.1. The van der Waals surface area contributed by atoms with Gasteiger partial charge < -0.3 is 5.32 Å². The second-order valence-corrected chi connectivity index (χ2v) is 7.58. The Bertz CT molecular complexity index is 576. The number of nitrogens with one attached hydrogen (secondary N) is 1. The van der Waals surface area contributed by atoms with Crippen LogP contribution in [-0.4, -0.2) is 38.9 Å². The van der Waals surface area contributed by atoms with E-state index < -0.39 is 10.0 Å². The van der Waals surface area contributed by atoms with Gasteiger partial charge in [-0.25, -0.2) is 8.42 Å². The van der Waals surface area contributed by atoms with Gasteiger partial charge in [-0.1, -0.05) is 6.07 Å². The predicted octanol–water partition coefficient (Wildman–Crippen LogP) is 1.55. The van der Waals surface area contributed by atoms with Gasteiger partial charge in [-0.05, 0) is 61.9 Å². The standard InChI is InChI=1S/C15H22N2O2S/c18-20(19,17-10-3-8-16-9-11-17)15-7-6-13-4-1-2-5-14(13)12-15/h6-7,12,16H,1-5,8-11H2. The Labute approximate surface area is 121 Å². The van der Waals surface area contributed by atoms with E-state index in [-0.39, 0.29) is 0 Å². The van der Waals surface area contributed by atoms with Crippen LogP contribution in [0.2, 0.25) is 0 Å². The number of nitrogens with zero attached hydrogens (tertiary/aromatic N) is 1. The molecule has 0 radical (unpaired) electrons. The largest absolute Gasteiger partial charge is 0.315 e. The third-order valence-electron chi connectivity index (χ3n) is 4.26. The van der Waals surface area contributed by atoms with Crippen LogP contribution in [0.4, 0.5) is 0 Å². The van der Waals surface area contributed by atoms with Gasteiger partial charge in [-0.3, -0.25) is 0 Å². The molecule has 0 unspecified atom stereocenters. The highest BCUT2D eigenvalue weighted by atomic mass is 32.2. The molecule has 1 aliphatic heterocycles. The summed E-state index contributed by atoms with van der Waals surface area (Å²) in [6.07, 6.45) is 5.37. The maximum absolute atomic E-state index is 12.7. The summed E-state index contributed by atoms with van der Waals surface area (Å²) in [6.45, 7) is 2.83. The average molecular weight is 294 g/mol. The lowest BCUT2D eigenvalue weighted by Gasteiger charge is -2.22. The van der Waals surface area contributed by atoms with Crippen molar-refractivity contribution in [2.45, 2.75) is 37.0 Å². The SMILES string of the molecule is O=S(=O)(c1ccc2c(c1)CCCC2)N1CCCNCC1. The maximum atomic E-state index is 12.7. The molecule has 2 aliphatic rings. The van der Waals surface area contributed by atoms with E-state index in [1.54, 1.807) is 10.4 Å². The molecule has 1 fully saturated rings. The maximum Gasteiger partial charge on any atom is 0.243 e. The number of aryl methyl sites for hydroxylation is 2. The molecule has 1 saturated heterocycles. The number of rotatable bonds is 2.